The van der Waals surface area contributed by atoms with Gasteiger partial charge in [-0.15, -0.1) is 5.10 Å². The van der Waals surface area contributed by atoms with E-state index in [2.05, 4.69) is 10.2 Å². The SMILES string of the molecule is CC.CC.COc1ccc(Cc2nnc(N)o2)cc1O. The molecule has 1 aromatic carbocycles. The van der Waals surface area contributed by atoms with Crippen LogP contribution in [0.3, 0.4) is 0 Å². The van der Waals surface area contributed by atoms with Gasteiger partial charge in [-0.3, -0.25) is 0 Å². The lowest BCUT2D eigenvalue weighted by Gasteiger charge is -2.04. The first-order chi connectivity index (χ1) is 9.69. The van der Waals surface area contributed by atoms with Crippen LogP contribution in [0, 0.1) is 0 Å². The predicted octanol–water partition coefficient (Wildman–Crippen LogP) is 3.01. The average Bonchev–Trinajstić information content (AvgIpc) is 2.89. The van der Waals surface area contributed by atoms with E-state index in [9.17, 15) is 5.11 Å². The number of methoxy groups -OCH3 is 1. The summed E-state index contributed by atoms with van der Waals surface area (Å²) in [4.78, 5) is 0. The van der Waals surface area contributed by atoms with E-state index in [1.54, 1.807) is 18.2 Å². The van der Waals surface area contributed by atoms with Crippen LogP contribution in [0.2, 0.25) is 0 Å². The number of benzene rings is 1. The molecule has 6 heteroatoms. The van der Waals surface area contributed by atoms with Crippen LogP contribution in [0.25, 0.3) is 0 Å². The molecule has 0 aliphatic heterocycles. The van der Waals surface area contributed by atoms with E-state index < -0.39 is 0 Å². The van der Waals surface area contributed by atoms with Crippen molar-refractivity contribution in [1.82, 2.24) is 10.2 Å². The normalized spacial score (nSPS) is 8.85. The molecule has 6 nitrogen and oxygen atoms in total. The van der Waals surface area contributed by atoms with Crippen molar-refractivity contribution in [2.24, 2.45) is 0 Å². The molecular formula is C14H23N3O3. The molecule has 0 aliphatic carbocycles. The second kappa shape index (κ2) is 9.66. The first-order valence-electron chi connectivity index (χ1n) is 6.63. The number of hydrogen-bond acceptors (Lipinski definition) is 6. The maximum atomic E-state index is 9.56. The first kappa shape index (κ1) is 17.8. The number of phenols is 1. The zero-order chi connectivity index (χ0) is 15.5. The molecule has 2 aromatic rings. The van der Waals surface area contributed by atoms with Crippen LogP contribution in [0.5, 0.6) is 11.5 Å². The van der Waals surface area contributed by atoms with Crippen LogP contribution >= 0.6 is 0 Å². The van der Waals surface area contributed by atoms with Gasteiger partial charge in [0.15, 0.2) is 11.5 Å². The highest BCUT2D eigenvalue weighted by atomic mass is 16.5. The average molecular weight is 281 g/mol. The predicted molar refractivity (Wildman–Crippen MR) is 78.9 cm³/mol. The minimum absolute atomic E-state index is 0.0349. The third-order valence-corrected chi connectivity index (χ3v) is 2.08. The summed E-state index contributed by atoms with van der Waals surface area (Å²) in [5.74, 6) is 0.906. The summed E-state index contributed by atoms with van der Waals surface area (Å²) in [5.41, 5.74) is 6.13. The fourth-order valence-electron chi connectivity index (χ4n) is 1.36. The van der Waals surface area contributed by atoms with Crippen molar-refractivity contribution in [2.45, 2.75) is 34.1 Å². The van der Waals surface area contributed by atoms with E-state index in [1.807, 2.05) is 27.7 Å². The topological polar surface area (TPSA) is 94.4 Å². The molecule has 0 spiro atoms. The monoisotopic (exact) mass is 281 g/mol. The van der Waals surface area contributed by atoms with E-state index >= 15 is 0 Å². The quantitative estimate of drug-likeness (QED) is 0.898. The van der Waals surface area contributed by atoms with Gasteiger partial charge in [0.25, 0.3) is 0 Å². The van der Waals surface area contributed by atoms with Crippen LogP contribution < -0.4 is 10.5 Å². The Hall–Kier alpha value is -2.24. The molecule has 0 amide bonds. The van der Waals surface area contributed by atoms with Gasteiger partial charge in [0.1, 0.15) is 0 Å². The summed E-state index contributed by atoms with van der Waals surface area (Å²) < 4.78 is 9.96. The van der Waals surface area contributed by atoms with Gasteiger partial charge >= 0.3 is 6.01 Å². The number of nitrogen functional groups attached to an aromatic ring is 1. The number of hydrogen-bond donors (Lipinski definition) is 2. The van der Waals surface area contributed by atoms with Crippen molar-refractivity contribution in [3.05, 3.63) is 29.7 Å². The van der Waals surface area contributed by atoms with Gasteiger partial charge in [0.05, 0.1) is 13.5 Å². The van der Waals surface area contributed by atoms with Crippen molar-refractivity contribution in [3.63, 3.8) is 0 Å². The van der Waals surface area contributed by atoms with E-state index in [0.717, 1.165) is 5.56 Å². The number of aromatic hydroxyl groups is 1. The second-order valence-corrected chi connectivity index (χ2v) is 3.22. The Bertz CT molecular complexity index is 498. The number of rotatable bonds is 3. The number of nitrogens with two attached hydrogens (primary N) is 1. The van der Waals surface area contributed by atoms with Gasteiger partial charge in [-0.1, -0.05) is 38.9 Å². The van der Waals surface area contributed by atoms with E-state index in [4.69, 9.17) is 14.9 Å². The molecule has 0 saturated heterocycles. The number of ether oxygens (including phenoxy) is 1. The Labute approximate surface area is 119 Å². The molecule has 0 unspecified atom stereocenters. The van der Waals surface area contributed by atoms with Gasteiger partial charge in [-0.05, 0) is 17.7 Å². The van der Waals surface area contributed by atoms with E-state index in [-0.39, 0.29) is 11.8 Å². The summed E-state index contributed by atoms with van der Waals surface area (Å²) >= 11 is 0. The van der Waals surface area contributed by atoms with Gasteiger partial charge in [0.2, 0.25) is 5.89 Å². The zero-order valence-electron chi connectivity index (χ0n) is 12.7. The third kappa shape index (κ3) is 5.17. The number of aromatic nitrogens is 2. The standard InChI is InChI=1S/C10H11N3O3.2C2H6/c1-15-8-3-2-6(4-7(8)14)5-9-12-13-10(11)16-9;2*1-2/h2-4,14H,5H2,1H3,(H2,11,13);2*1-2H3. The summed E-state index contributed by atoms with van der Waals surface area (Å²) in [5, 5.41) is 16.8. The fraction of sp³-hybridized carbons (Fsp3) is 0.429. The Morgan fingerprint density at radius 2 is 1.85 bits per heavy atom. The number of phenolic OH excluding ortho intramolecular Hbond substituents is 1. The number of nitrogens with zero attached hydrogens (tertiary/aromatic N) is 2. The Balaban J connectivity index is 0.000000829. The van der Waals surface area contributed by atoms with Crippen molar-refractivity contribution in [1.29, 1.82) is 0 Å². The molecule has 0 saturated carbocycles. The maximum Gasteiger partial charge on any atom is 0.312 e. The van der Waals surface area contributed by atoms with Crippen LogP contribution in [-0.2, 0) is 6.42 Å². The summed E-state index contributed by atoms with van der Waals surface area (Å²) in [6.07, 6.45) is 0.418. The lowest BCUT2D eigenvalue weighted by molar-refractivity contribution is 0.373. The van der Waals surface area contributed by atoms with Gasteiger partial charge in [-0.25, -0.2) is 0 Å². The molecule has 0 radical (unpaired) electrons. The molecule has 3 N–H and O–H groups in total. The van der Waals surface area contributed by atoms with Gasteiger partial charge < -0.3 is 20.0 Å². The number of anilines is 1. The summed E-state index contributed by atoms with van der Waals surface area (Å²) in [6.45, 7) is 8.00. The molecule has 0 aliphatic rings. The van der Waals surface area contributed by atoms with Crippen molar-refractivity contribution >= 4 is 6.01 Å². The summed E-state index contributed by atoms with van der Waals surface area (Å²) in [6, 6.07) is 5.09. The molecule has 0 fully saturated rings. The molecule has 1 aromatic heterocycles. The third-order valence-electron chi connectivity index (χ3n) is 2.08. The van der Waals surface area contributed by atoms with Crippen LogP contribution in [-0.4, -0.2) is 22.4 Å². The van der Waals surface area contributed by atoms with Crippen molar-refractivity contribution in [2.75, 3.05) is 12.8 Å². The maximum absolute atomic E-state index is 9.56. The highest BCUT2D eigenvalue weighted by Gasteiger charge is 2.07. The van der Waals surface area contributed by atoms with Crippen molar-refractivity contribution in [3.8, 4) is 11.5 Å². The largest absolute Gasteiger partial charge is 0.504 e. The van der Waals surface area contributed by atoms with Gasteiger partial charge in [-0.2, -0.15) is 0 Å². The fourth-order valence-corrected chi connectivity index (χ4v) is 1.36. The lowest BCUT2D eigenvalue weighted by atomic mass is 10.1. The highest BCUT2D eigenvalue weighted by Crippen LogP contribution is 2.27. The molecule has 20 heavy (non-hydrogen) atoms. The highest BCUT2D eigenvalue weighted by molar-refractivity contribution is 5.42. The molecular weight excluding hydrogens is 258 g/mol. The first-order valence-corrected chi connectivity index (χ1v) is 6.63. The van der Waals surface area contributed by atoms with E-state index in [1.165, 1.54) is 7.11 Å². The smallest absolute Gasteiger partial charge is 0.312 e. The zero-order valence-corrected chi connectivity index (χ0v) is 12.7. The van der Waals surface area contributed by atoms with Crippen LogP contribution in [0.1, 0.15) is 39.1 Å². The lowest BCUT2D eigenvalue weighted by Crippen LogP contribution is -1.90. The minimum atomic E-state index is 0.0349. The second-order valence-electron chi connectivity index (χ2n) is 3.22. The molecule has 1 heterocycles. The summed E-state index contributed by atoms with van der Waals surface area (Å²) in [7, 11) is 1.49. The molecule has 112 valence electrons. The van der Waals surface area contributed by atoms with Crippen LogP contribution in [0.15, 0.2) is 22.6 Å². The molecule has 0 bridgehead atoms. The Kier molecular flexibility index (Phi) is 8.58. The Morgan fingerprint density at radius 1 is 1.20 bits per heavy atom. The van der Waals surface area contributed by atoms with Crippen LogP contribution in [0.4, 0.5) is 6.01 Å². The minimum Gasteiger partial charge on any atom is -0.504 e. The van der Waals surface area contributed by atoms with Gasteiger partial charge in [0, 0.05) is 0 Å². The van der Waals surface area contributed by atoms with Crippen molar-refractivity contribution < 1.29 is 14.3 Å². The Morgan fingerprint density at radius 3 is 2.30 bits per heavy atom. The molecule has 0 atom stereocenters. The molecule has 2 rings (SSSR count). The van der Waals surface area contributed by atoms with E-state index in [0.29, 0.717) is 18.1 Å².